The van der Waals surface area contributed by atoms with Gasteiger partial charge >= 0.3 is 0 Å². The summed E-state index contributed by atoms with van der Waals surface area (Å²) in [5.41, 5.74) is 1.92. The van der Waals surface area contributed by atoms with E-state index < -0.39 is 0 Å². The zero-order chi connectivity index (χ0) is 13.2. The van der Waals surface area contributed by atoms with E-state index in [4.69, 9.17) is 17.0 Å². The predicted molar refractivity (Wildman–Crippen MR) is 80.3 cm³/mol. The summed E-state index contributed by atoms with van der Waals surface area (Å²) in [5, 5.41) is 5.40. The Bertz CT molecular complexity index is 594. The highest BCUT2D eigenvalue weighted by molar-refractivity contribution is 8.23. The zero-order valence-corrected chi connectivity index (χ0v) is 11.5. The Kier molecular flexibility index (Phi) is 3.35. The van der Waals surface area contributed by atoms with Crippen molar-refractivity contribution in [1.82, 2.24) is 5.01 Å². The first-order chi connectivity index (χ1) is 9.24. The molecule has 1 aromatic carbocycles. The van der Waals surface area contributed by atoms with Crippen LogP contribution in [0.15, 0.2) is 34.9 Å². The predicted octanol–water partition coefficient (Wildman–Crippen LogP) is 2.31. The minimum atomic E-state index is -0.0797. The molecule has 0 unspecified atom stereocenters. The van der Waals surface area contributed by atoms with Crippen LogP contribution in [-0.4, -0.2) is 33.8 Å². The molecule has 1 saturated heterocycles. The van der Waals surface area contributed by atoms with Crippen molar-refractivity contribution in [3.8, 4) is 5.75 Å². The smallest absolute Gasteiger partial charge is 0.259 e. The van der Waals surface area contributed by atoms with Crippen LogP contribution in [0, 0.1) is 0 Å². The molecule has 3 rings (SSSR count). The molecule has 0 atom stereocenters. The summed E-state index contributed by atoms with van der Waals surface area (Å²) >= 11 is 6.38. The Morgan fingerprint density at radius 3 is 3.05 bits per heavy atom. The molecule has 2 heterocycles. The number of rotatable bonds is 2. The molecule has 0 radical (unpaired) electrons. The molecule has 0 bridgehead atoms. The molecule has 2 aliphatic heterocycles. The molecule has 1 fully saturated rings. The largest absolute Gasteiger partial charge is 0.488 e. The van der Waals surface area contributed by atoms with E-state index in [-0.39, 0.29) is 5.91 Å². The first-order valence-corrected chi connectivity index (χ1v) is 7.09. The molecule has 1 aromatic rings. The normalized spacial score (nSPS) is 18.5. The minimum Gasteiger partial charge on any atom is -0.488 e. The molecule has 2 aliphatic rings. The van der Waals surface area contributed by atoms with Gasteiger partial charge in [-0.1, -0.05) is 42.2 Å². The number of carbonyl (C=O) groups excluding carboxylic acids is 1. The monoisotopic (exact) mass is 290 g/mol. The third kappa shape index (κ3) is 2.54. The summed E-state index contributed by atoms with van der Waals surface area (Å²) in [6, 6.07) is 7.79. The summed E-state index contributed by atoms with van der Waals surface area (Å²) in [7, 11) is 0. The third-order valence-corrected chi connectivity index (χ3v) is 4.06. The molecule has 1 amide bonds. The number of hydrazone groups is 1. The number of thiocarbonyl (C=S) groups is 1. The second kappa shape index (κ2) is 5.14. The second-order valence-corrected chi connectivity index (χ2v) is 5.66. The first-order valence-electron chi connectivity index (χ1n) is 5.70. The van der Waals surface area contributed by atoms with E-state index in [1.165, 1.54) is 16.8 Å². The molecule has 19 heavy (non-hydrogen) atoms. The maximum Gasteiger partial charge on any atom is 0.259 e. The van der Waals surface area contributed by atoms with Crippen LogP contribution in [0.4, 0.5) is 0 Å². The van der Waals surface area contributed by atoms with Gasteiger partial charge in [-0.25, -0.2) is 0 Å². The fourth-order valence-electron chi connectivity index (χ4n) is 1.80. The number of hydrogen-bond donors (Lipinski definition) is 0. The van der Waals surface area contributed by atoms with Crippen LogP contribution in [0.5, 0.6) is 5.75 Å². The van der Waals surface area contributed by atoms with Crippen LogP contribution < -0.4 is 4.74 Å². The van der Waals surface area contributed by atoms with E-state index in [0.717, 1.165) is 16.9 Å². The lowest BCUT2D eigenvalue weighted by Crippen LogP contribution is -2.23. The molecule has 0 spiro atoms. The maximum absolute atomic E-state index is 11.5. The Balaban J connectivity index is 1.80. The van der Waals surface area contributed by atoms with Crippen LogP contribution in [-0.2, 0) is 4.79 Å². The molecular formula is C13H10N2O2S2. The topological polar surface area (TPSA) is 41.9 Å². The second-order valence-electron chi connectivity index (χ2n) is 4.05. The van der Waals surface area contributed by atoms with Crippen molar-refractivity contribution >= 4 is 46.5 Å². The quantitative estimate of drug-likeness (QED) is 0.619. The molecule has 0 saturated carbocycles. The summed E-state index contributed by atoms with van der Waals surface area (Å²) in [5.74, 6) is 1.15. The number of benzene rings is 1. The number of nitrogens with zero attached hydrogens (tertiary/aromatic N) is 2. The van der Waals surface area contributed by atoms with Gasteiger partial charge < -0.3 is 4.74 Å². The first kappa shape index (κ1) is 12.4. The van der Waals surface area contributed by atoms with Crippen molar-refractivity contribution in [1.29, 1.82) is 0 Å². The van der Waals surface area contributed by atoms with Crippen molar-refractivity contribution in [3.05, 3.63) is 35.4 Å². The van der Waals surface area contributed by atoms with Gasteiger partial charge in [-0.2, -0.15) is 10.1 Å². The average molecular weight is 290 g/mol. The number of amides is 1. The fourth-order valence-corrected chi connectivity index (χ4v) is 2.77. The van der Waals surface area contributed by atoms with E-state index in [1.54, 1.807) is 6.21 Å². The third-order valence-electron chi connectivity index (χ3n) is 2.72. The van der Waals surface area contributed by atoms with E-state index in [0.29, 0.717) is 16.7 Å². The van der Waals surface area contributed by atoms with Crippen molar-refractivity contribution in [2.24, 2.45) is 5.10 Å². The number of thioether (sulfide) groups is 1. The summed E-state index contributed by atoms with van der Waals surface area (Å²) < 4.78 is 6.10. The van der Waals surface area contributed by atoms with Gasteiger partial charge in [0.15, 0.2) is 4.32 Å². The molecule has 4 nitrogen and oxygen atoms in total. The lowest BCUT2D eigenvalue weighted by Gasteiger charge is -2.15. The van der Waals surface area contributed by atoms with E-state index in [9.17, 15) is 4.79 Å². The van der Waals surface area contributed by atoms with Gasteiger partial charge in [-0.05, 0) is 12.1 Å². The van der Waals surface area contributed by atoms with Crippen molar-refractivity contribution in [3.63, 3.8) is 0 Å². The van der Waals surface area contributed by atoms with Crippen LogP contribution in [0.1, 0.15) is 5.56 Å². The van der Waals surface area contributed by atoms with Gasteiger partial charge in [0, 0.05) is 11.1 Å². The minimum absolute atomic E-state index is 0.0797. The van der Waals surface area contributed by atoms with E-state index >= 15 is 0 Å². The molecule has 0 aliphatic carbocycles. The number of para-hydroxylation sites is 1. The maximum atomic E-state index is 11.5. The van der Waals surface area contributed by atoms with E-state index in [2.05, 4.69) is 5.10 Å². The molecule has 6 heteroatoms. The van der Waals surface area contributed by atoms with Crippen molar-refractivity contribution < 1.29 is 9.53 Å². The van der Waals surface area contributed by atoms with Gasteiger partial charge in [-0.15, -0.1) is 0 Å². The standard InChI is InChI=1S/C13H10N2O2S2/c16-12-8-19-13(18)15(12)14-6-9-5-10-3-1-2-4-11(10)17-7-9/h1-6H,7-8H2. The summed E-state index contributed by atoms with van der Waals surface area (Å²) in [6.45, 7) is 0.447. The van der Waals surface area contributed by atoms with Crippen molar-refractivity contribution in [2.75, 3.05) is 12.4 Å². The van der Waals surface area contributed by atoms with Gasteiger partial charge in [-0.3, -0.25) is 4.79 Å². The Labute approximate surface area is 120 Å². The van der Waals surface area contributed by atoms with Crippen LogP contribution in [0.3, 0.4) is 0 Å². The highest BCUT2D eigenvalue weighted by atomic mass is 32.2. The number of hydrogen-bond acceptors (Lipinski definition) is 5. The lowest BCUT2D eigenvalue weighted by molar-refractivity contribution is -0.123. The number of carbonyl (C=O) groups is 1. The molecule has 0 N–H and O–H groups in total. The Hall–Kier alpha value is -1.66. The highest BCUT2D eigenvalue weighted by Crippen LogP contribution is 2.25. The summed E-state index contributed by atoms with van der Waals surface area (Å²) in [6.07, 6.45) is 3.63. The van der Waals surface area contributed by atoms with Gasteiger partial charge in [0.1, 0.15) is 12.4 Å². The van der Waals surface area contributed by atoms with Crippen LogP contribution in [0.2, 0.25) is 0 Å². The van der Waals surface area contributed by atoms with Gasteiger partial charge in [0.05, 0.1) is 12.0 Å². The van der Waals surface area contributed by atoms with E-state index in [1.807, 2.05) is 30.3 Å². The molecule has 96 valence electrons. The number of ether oxygens (including phenoxy) is 1. The van der Waals surface area contributed by atoms with Gasteiger partial charge in [0.25, 0.3) is 5.91 Å². The average Bonchev–Trinajstić information content (AvgIpc) is 2.76. The zero-order valence-electron chi connectivity index (χ0n) is 9.91. The lowest BCUT2D eigenvalue weighted by atomic mass is 10.1. The highest BCUT2D eigenvalue weighted by Gasteiger charge is 2.26. The fraction of sp³-hybridized carbons (Fsp3) is 0.154. The van der Waals surface area contributed by atoms with Crippen molar-refractivity contribution in [2.45, 2.75) is 0 Å². The van der Waals surface area contributed by atoms with Gasteiger partial charge in [0.2, 0.25) is 0 Å². The molecule has 0 aromatic heterocycles. The Morgan fingerprint density at radius 1 is 1.42 bits per heavy atom. The SMILES string of the molecule is O=C1CSC(=S)N1N=CC1=Cc2ccccc2OC1. The van der Waals surface area contributed by atoms with Crippen LogP contribution in [0.25, 0.3) is 6.08 Å². The van der Waals surface area contributed by atoms with Crippen LogP contribution >= 0.6 is 24.0 Å². The summed E-state index contributed by atoms with van der Waals surface area (Å²) in [4.78, 5) is 11.5. The Morgan fingerprint density at radius 2 is 2.26 bits per heavy atom. The number of fused-ring (bicyclic) bond motifs is 1. The molecular weight excluding hydrogens is 280 g/mol.